The average Bonchev–Trinajstić information content (AvgIpc) is 2.98. The molecule has 0 aliphatic carbocycles. The van der Waals surface area contributed by atoms with Crippen LogP contribution in [0.2, 0.25) is 0 Å². The molecule has 0 radical (unpaired) electrons. The first kappa shape index (κ1) is 11.2. The van der Waals surface area contributed by atoms with Crippen molar-refractivity contribution in [2.75, 3.05) is 0 Å². The zero-order valence-electron chi connectivity index (χ0n) is 9.95. The first-order valence-corrected chi connectivity index (χ1v) is 5.74. The van der Waals surface area contributed by atoms with Gasteiger partial charge in [-0.2, -0.15) is 5.26 Å². The SMILES string of the molecule is N#Cc1cccc(-c2cc(-c3cccnc3)on2)c1. The van der Waals surface area contributed by atoms with E-state index in [-0.39, 0.29) is 0 Å². The molecular weight excluding hydrogens is 238 g/mol. The Bertz CT molecular complexity index is 741. The zero-order chi connectivity index (χ0) is 13.1. The van der Waals surface area contributed by atoms with E-state index in [1.54, 1.807) is 24.5 Å². The summed E-state index contributed by atoms with van der Waals surface area (Å²) >= 11 is 0. The van der Waals surface area contributed by atoms with Crippen LogP contribution in [-0.2, 0) is 0 Å². The van der Waals surface area contributed by atoms with Crippen LogP contribution in [0.3, 0.4) is 0 Å². The van der Waals surface area contributed by atoms with E-state index < -0.39 is 0 Å². The van der Waals surface area contributed by atoms with E-state index in [1.807, 2.05) is 30.3 Å². The molecule has 4 heteroatoms. The summed E-state index contributed by atoms with van der Waals surface area (Å²) in [5.41, 5.74) is 3.04. The first-order chi connectivity index (χ1) is 9.36. The van der Waals surface area contributed by atoms with Crippen LogP contribution in [0.1, 0.15) is 5.56 Å². The van der Waals surface area contributed by atoms with Crippen molar-refractivity contribution in [3.8, 4) is 28.7 Å². The largest absolute Gasteiger partial charge is 0.356 e. The molecule has 3 rings (SSSR count). The van der Waals surface area contributed by atoms with E-state index >= 15 is 0 Å². The van der Waals surface area contributed by atoms with Gasteiger partial charge in [0.25, 0.3) is 0 Å². The second-order valence-electron chi connectivity index (χ2n) is 4.01. The Kier molecular flexibility index (Phi) is 2.79. The molecule has 0 aliphatic rings. The van der Waals surface area contributed by atoms with Crippen molar-refractivity contribution in [1.29, 1.82) is 5.26 Å². The fourth-order valence-electron chi connectivity index (χ4n) is 1.80. The van der Waals surface area contributed by atoms with Crippen LogP contribution in [0.5, 0.6) is 0 Å². The van der Waals surface area contributed by atoms with Crippen molar-refractivity contribution in [3.63, 3.8) is 0 Å². The predicted octanol–water partition coefficient (Wildman–Crippen LogP) is 3.28. The number of nitrogens with zero attached hydrogens (tertiary/aromatic N) is 3. The molecule has 0 unspecified atom stereocenters. The Morgan fingerprint density at radius 2 is 1.95 bits per heavy atom. The quantitative estimate of drug-likeness (QED) is 0.697. The van der Waals surface area contributed by atoms with Crippen LogP contribution in [0.25, 0.3) is 22.6 Å². The molecule has 2 aromatic heterocycles. The lowest BCUT2D eigenvalue weighted by Gasteiger charge is -1.94. The highest BCUT2D eigenvalue weighted by molar-refractivity contribution is 5.67. The molecule has 0 atom stereocenters. The van der Waals surface area contributed by atoms with Gasteiger partial charge in [-0.05, 0) is 24.3 Å². The molecule has 2 heterocycles. The average molecular weight is 247 g/mol. The minimum Gasteiger partial charge on any atom is -0.356 e. The Hall–Kier alpha value is -2.93. The maximum Gasteiger partial charge on any atom is 0.169 e. The van der Waals surface area contributed by atoms with Gasteiger partial charge in [-0.25, -0.2) is 0 Å². The van der Waals surface area contributed by atoms with Gasteiger partial charge < -0.3 is 4.52 Å². The topological polar surface area (TPSA) is 62.7 Å². The van der Waals surface area contributed by atoms with E-state index in [4.69, 9.17) is 9.78 Å². The van der Waals surface area contributed by atoms with Crippen molar-refractivity contribution < 1.29 is 4.52 Å². The molecular formula is C15H9N3O. The van der Waals surface area contributed by atoms with Gasteiger partial charge >= 0.3 is 0 Å². The standard InChI is InChI=1S/C15H9N3O/c16-9-11-3-1-4-12(7-11)14-8-15(19-18-14)13-5-2-6-17-10-13/h1-8,10H. The van der Waals surface area contributed by atoms with Crippen LogP contribution in [0.15, 0.2) is 59.4 Å². The third-order valence-electron chi connectivity index (χ3n) is 2.74. The van der Waals surface area contributed by atoms with E-state index in [0.29, 0.717) is 17.0 Å². The second-order valence-corrected chi connectivity index (χ2v) is 4.01. The summed E-state index contributed by atoms with van der Waals surface area (Å²) in [6, 6.07) is 15.0. The summed E-state index contributed by atoms with van der Waals surface area (Å²) in [6.07, 6.45) is 3.42. The number of hydrogen-bond donors (Lipinski definition) is 0. The molecule has 4 nitrogen and oxygen atoms in total. The molecule has 0 amide bonds. The molecule has 0 saturated carbocycles. The fourth-order valence-corrected chi connectivity index (χ4v) is 1.80. The van der Waals surface area contributed by atoms with Crippen LogP contribution < -0.4 is 0 Å². The number of rotatable bonds is 2. The second kappa shape index (κ2) is 4.75. The summed E-state index contributed by atoms with van der Waals surface area (Å²) in [5, 5.41) is 12.9. The summed E-state index contributed by atoms with van der Waals surface area (Å²) in [6.45, 7) is 0. The smallest absolute Gasteiger partial charge is 0.169 e. The lowest BCUT2D eigenvalue weighted by molar-refractivity contribution is 0.435. The summed E-state index contributed by atoms with van der Waals surface area (Å²) < 4.78 is 5.31. The molecule has 0 aliphatic heterocycles. The number of pyridine rings is 1. The predicted molar refractivity (Wildman–Crippen MR) is 69.9 cm³/mol. The van der Waals surface area contributed by atoms with Gasteiger partial charge in [-0.15, -0.1) is 0 Å². The van der Waals surface area contributed by atoms with Crippen LogP contribution in [0.4, 0.5) is 0 Å². The van der Waals surface area contributed by atoms with Crippen molar-refractivity contribution >= 4 is 0 Å². The zero-order valence-corrected chi connectivity index (χ0v) is 9.95. The van der Waals surface area contributed by atoms with E-state index in [2.05, 4.69) is 16.2 Å². The molecule has 0 bridgehead atoms. The number of benzene rings is 1. The third-order valence-corrected chi connectivity index (χ3v) is 2.74. The fraction of sp³-hybridized carbons (Fsp3) is 0. The van der Waals surface area contributed by atoms with Gasteiger partial charge in [0, 0.05) is 29.6 Å². The van der Waals surface area contributed by atoms with Gasteiger partial charge in [0.15, 0.2) is 5.76 Å². The van der Waals surface area contributed by atoms with Crippen molar-refractivity contribution in [2.24, 2.45) is 0 Å². The summed E-state index contributed by atoms with van der Waals surface area (Å²) in [5.74, 6) is 0.658. The highest BCUT2D eigenvalue weighted by Crippen LogP contribution is 2.25. The monoisotopic (exact) mass is 247 g/mol. The molecule has 0 N–H and O–H groups in total. The maximum atomic E-state index is 8.89. The minimum absolute atomic E-state index is 0.600. The van der Waals surface area contributed by atoms with Gasteiger partial charge in [0.2, 0.25) is 0 Å². The van der Waals surface area contributed by atoms with Gasteiger partial charge in [-0.1, -0.05) is 17.3 Å². The Balaban J connectivity index is 2.00. The van der Waals surface area contributed by atoms with Gasteiger partial charge in [0.1, 0.15) is 5.69 Å². The number of nitriles is 1. The third kappa shape index (κ3) is 2.22. The molecule has 19 heavy (non-hydrogen) atoms. The van der Waals surface area contributed by atoms with Crippen LogP contribution in [0, 0.1) is 11.3 Å². The lowest BCUT2D eigenvalue weighted by Crippen LogP contribution is -1.79. The highest BCUT2D eigenvalue weighted by atomic mass is 16.5. The molecule has 1 aromatic carbocycles. The van der Waals surface area contributed by atoms with Crippen molar-refractivity contribution in [2.45, 2.75) is 0 Å². The highest BCUT2D eigenvalue weighted by Gasteiger charge is 2.08. The Morgan fingerprint density at radius 1 is 1.05 bits per heavy atom. The normalized spacial score (nSPS) is 10.1. The van der Waals surface area contributed by atoms with Crippen molar-refractivity contribution in [1.82, 2.24) is 10.1 Å². The summed E-state index contributed by atoms with van der Waals surface area (Å²) in [4.78, 5) is 4.04. The molecule has 3 aromatic rings. The summed E-state index contributed by atoms with van der Waals surface area (Å²) in [7, 11) is 0. The van der Waals surface area contributed by atoms with Crippen LogP contribution >= 0.6 is 0 Å². The molecule has 0 fully saturated rings. The first-order valence-electron chi connectivity index (χ1n) is 5.74. The van der Waals surface area contributed by atoms with Gasteiger partial charge in [0.05, 0.1) is 11.6 Å². The Labute approximate surface area is 109 Å². The molecule has 0 saturated heterocycles. The lowest BCUT2D eigenvalue weighted by atomic mass is 10.1. The number of aromatic nitrogens is 2. The molecule has 0 spiro atoms. The number of hydrogen-bond acceptors (Lipinski definition) is 4. The van der Waals surface area contributed by atoms with E-state index in [9.17, 15) is 0 Å². The molecule has 90 valence electrons. The van der Waals surface area contributed by atoms with E-state index in [0.717, 1.165) is 11.1 Å². The Morgan fingerprint density at radius 3 is 2.74 bits per heavy atom. The minimum atomic E-state index is 0.600. The van der Waals surface area contributed by atoms with Crippen LogP contribution in [-0.4, -0.2) is 10.1 Å². The van der Waals surface area contributed by atoms with Crippen molar-refractivity contribution in [3.05, 3.63) is 60.4 Å². The van der Waals surface area contributed by atoms with E-state index in [1.165, 1.54) is 0 Å². The maximum absolute atomic E-state index is 8.89. The van der Waals surface area contributed by atoms with Gasteiger partial charge in [-0.3, -0.25) is 4.98 Å².